The van der Waals surface area contributed by atoms with Crippen LogP contribution in [0, 0.1) is 11.8 Å². The second kappa shape index (κ2) is 7.11. The Morgan fingerprint density at radius 3 is 2.89 bits per heavy atom. The van der Waals surface area contributed by atoms with E-state index in [0.29, 0.717) is 5.92 Å². The van der Waals surface area contributed by atoms with Gasteiger partial charge in [0.25, 0.3) is 0 Å². The third-order valence-electron chi connectivity index (χ3n) is 6.37. The maximum Gasteiger partial charge on any atom is 0.226 e. The molecule has 0 spiro atoms. The summed E-state index contributed by atoms with van der Waals surface area (Å²) in [5.74, 6) is 2.14. The lowest BCUT2D eigenvalue weighted by atomic mass is 9.97. The number of carbonyl (C=O) groups excluding carboxylic acids is 1. The molecule has 7 heteroatoms. The molecule has 2 aliphatic heterocycles. The monoisotopic (exact) mass is 368 g/mol. The summed E-state index contributed by atoms with van der Waals surface area (Å²) in [6.45, 7) is 4.34. The minimum Gasteiger partial charge on any atom is -0.355 e. The first kappa shape index (κ1) is 17.0. The van der Waals surface area contributed by atoms with Gasteiger partial charge in [-0.15, -0.1) is 0 Å². The summed E-state index contributed by atoms with van der Waals surface area (Å²) >= 11 is 0. The number of rotatable bonds is 4. The highest BCUT2D eigenvalue weighted by Gasteiger charge is 2.36. The summed E-state index contributed by atoms with van der Waals surface area (Å²) in [7, 11) is 0. The van der Waals surface area contributed by atoms with E-state index in [2.05, 4.69) is 20.6 Å². The number of fused-ring (bicyclic) bond motifs is 2. The Bertz CT molecular complexity index is 834. The van der Waals surface area contributed by atoms with E-state index in [4.69, 9.17) is 4.98 Å². The van der Waals surface area contributed by atoms with Crippen molar-refractivity contribution in [2.75, 3.05) is 37.6 Å². The molecule has 2 aromatic rings. The SMILES string of the molecule is O=C(NCC1CCCC1)C1CN(c2c3c(nc4ccnn24)CCNCC3)C1. The summed E-state index contributed by atoms with van der Waals surface area (Å²) < 4.78 is 1.96. The van der Waals surface area contributed by atoms with E-state index in [0.717, 1.165) is 57.0 Å². The number of anilines is 1. The molecule has 0 aromatic carbocycles. The van der Waals surface area contributed by atoms with Gasteiger partial charge in [0.2, 0.25) is 5.91 Å². The first-order valence-electron chi connectivity index (χ1n) is 10.4. The van der Waals surface area contributed by atoms with Gasteiger partial charge in [-0.05, 0) is 31.7 Å². The zero-order valence-corrected chi connectivity index (χ0v) is 15.8. The normalized spacial score (nSPS) is 21.1. The summed E-state index contributed by atoms with van der Waals surface area (Å²) in [5.41, 5.74) is 3.37. The van der Waals surface area contributed by atoms with Gasteiger partial charge in [-0.1, -0.05) is 12.8 Å². The molecule has 0 unspecified atom stereocenters. The van der Waals surface area contributed by atoms with Crippen molar-refractivity contribution in [1.82, 2.24) is 25.2 Å². The van der Waals surface area contributed by atoms with Gasteiger partial charge in [0, 0.05) is 44.2 Å². The van der Waals surface area contributed by atoms with E-state index < -0.39 is 0 Å². The molecular weight excluding hydrogens is 340 g/mol. The van der Waals surface area contributed by atoms with Gasteiger partial charge in [-0.25, -0.2) is 4.98 Å². The maximum atomic E-state index is 12.5. The fraction of sp³-hybridized carbons (Fsp3) is 0.650. The molecule has 0 radical (unpaired) electrons. The first-order valence-corrected chi connectivity index (χ1v) is 10.4. The van der Waals surface area contributed by atoms with Crippen LogP contribution in [0.3, 0.4) is 0 Å². The fourth-order valence-corrected chi connectivity index (χ4v) is 4.76. The summed E-state index contributed by atoms with van der Waals surface area (Å²) in [6.07, 6.45) is 8.90. The fourth-order valence-electron chi connectivity index (χ4n) is 4.76. The predicted molar refractivity (Wildman–Crippen MR) is 104 cm³/mol. The molecule has 7 nitrogen and oxygen atoms in total. The minimum absolute atomic E-state index is 0.0877. The second-order valence-electron chi connectivity index (χ2n) is 8.21. The van der Waals surface area contributed by atoms with Crippen LogP contribution in [0.5, 0.6) is 0 Å². The summed E-state index contributed by atoms with van der Waals surface area (Å²) in [4.78, 5) is 19.7. The topological polar surface area (TPSA) is 74.6 Å². The molecule has 27 heavy (non-hydrogen) atoms. The molecule has 1 saturated carbocycles. The molecule has 4 heterocycles. The van der Waals surface area contributed by atoms with Crippen LogP contribution >= 0.6 is 0 Å². The van der Waals surface area contributed by atoms with E-state index >= 15 is 0 Å². The van der Waals surface area contributed by atoms with Gasteiger partial charge in [0.05, 0.1) is 17.8 Å². The van der Waals surface area contributed by atoms with Crippen molar-refractivity contribution in [2.45, 2.75) is 38.5 Å². The molecule has 2 fully saturated rings. The van der Waals surface area contributed by atoms with E-state index in [1.165, 1.54) is 36.9 Å². The quantitative estimate of drug-likeness (QED) is 0.847. The van der Waals surface area contributed by atoms with Crippen LogP contribution in [0.2, 0.25) is 0 Å². The number of carbonyl (C=O) groups is 1. The Hall–Kier alpha value is -2.15. The number of nitrogens with one attached hydrogen (secondary N) is 2. The second-order valence-corrected chi connectivity index (χ2v) is 8.21. The lowest BCUT2D eigenvalue weighted by molar-refractivity contribution is -0.125. The van der Waals surface area contributed by atoms with Crippen LogP contribution in [-0.2, 0) is 17.6 Å². The van der Waals surface area contributed by atoms with E-state index in [1.54, 1.807) is 0 Å². The molecule has 144 valence electrons. The zero-order valence-electron chi connectivity index (χ0n) is 15.8. The number of amides is 1. The van der Waals surface area contributed by atoms with E-state index in [9.17, 15) is 4.79 Å². The van der Waals surface area contributed by atoms with Crippen LogP contribution in [0.4, 0.5) is 5.82 Å². The lowest BCUT2D eigenvalue weighted by Crippen LogP contribution is -2.55. The van der Waals surface area contributed by atoms with Crippen LogP contribution in [0.25, 0.3) is 5.65 Å². The average Bonchev–Trinajstić information content (AvgIpc) is 3.26. The Balaban J connectivity index is 1.31. The van der Waals surface area contributed by atoms with Gasteiger partial charge in [0.1, 0.15) is 5.82 Å². The van der Waals surface area contributed by atoms with Gasteiger partial charge in [-0.3, -0.25) is 4.79 Å². The van der Waals surface area contributed by atoms with Crippen molar-refractivity contribution in [3.8, 4) is 0 Å². The number of nitrogens with zero attached hydrogens (tertiary/aromatic N) is 4. The van der Waals surface area contributed by atoms with E-state index in [-0.39, 0.29) is 11.8 Å². The molecule has 0 atom stereocenters. The molecule has 1 aliphatic carbocycles. The van der Waals surface area contributed by atoms with Crippen molar-refractivity contribution < 1.29 is 4.79 Å². The lowest BCUT2D eigenvalue weighted by Gasteiger charge is -2.41. The standard InChI is InChI=1S/C20H28N6O/c27-19(22-11-14-3-1-2-4-14)15-12-25(13-15)20-16-5-8-21-9-6-17(16)24-18-7-10-23-26(18)20/h7,10,14-15,21H,1-6,8-9,11-13H2,(H,22,27). The molecule has 3 aliphatic rings. The smallest absolute Gasteiger partial charge is 0.226 e. The number of aromatic nitrogens is 3. The van der Waals surface area contributed by atoms with Crippen LogP contribution in [-0.4, -0.2) is 53.2 Å². The predicted octanol–water partition coefficient (Wildman–Crippen LogP) is 1.16. The van der Waals surface area contributed by atoms with Crippen LogP contribution < -0.4 is 15.5 Å². The highest BCUT2D eigenvalue weighted by atomic mass is 16.2. The Labute approximate surface area is 159 Å². The number of hydrogen-bond acceptors (Lipinski definition) is 5. The molecule has 2 N–H and O–H groups in total. The van der Waals surface area contributed by atoms with E-state index in [1.807, 2.05) is 16.8 Å². The van der Waals surface area contributed by atoms with Gasteiger partial charge in [0.15, 0.2) is 5.65 Å². The zero-order chi connectivity index (χ0) is 18.2. The first-order chi connectivity index (χ1) is 13.3. The summed E-state index contributed by atoms with van der Waals surface area (Å²) in [5, 5.41) is 11.2. The Morgan fingerprint density at radius 1 is 1.22 bits per heavy atom. The van der Waals surface area contributed by atoms with Crippen molar-refractivity contribution >= 4 is 17.4 Å². The van der Waals surface area contributed by atoms with Crippen LogP contribution in [0.15, 0.2) is 12.3 Å². The largest absolute Gasteiger partial charge is 0.355 e. The Morgan fingerprint density at radius 2 is 2.04 bits per heavy atom. The maximum absolute atomic E-state index is 12.5. The molecule has 1 amide bonds. The highest BCUT2D eigenvalue weighted by Crippen LogP contribution is 2.31. The Kier molecular flexibility index (Phi) is 4.47. The van der Waals surface area contributed by atoms with Crippen molar-refractivity contribution in [3.05, 3.63) is 23.5 Å². The minimum atomic E-state index is 0.0877. The summed E-state index contributed by atoms with van der Waals surface area (Å²) in [6, 6.07) is 1.97. The van der Waals surface area contributed by atoms with Gasteiger partial charge in [-0.2, -0.15) is 9.61 Å². The van der Waals surface area contributed by atoms with Gasteiger partial charge < -0.3 is 15.5 Å². The molecule has 0 bridgehead atoms. The van der Waals surface area contributed by atoms with Crippen LogP contribution in [0.1, 0.15) is 36.9 Å². The number of hydrogen-bond donors (Lipinski definition) is 2. The van der Waals surface area contributed by atoms with Crippen molar-refractivity contribution in [1.29, 1.82) is 0 Å². The van der Waals surface area contributed by atoms with Crippen molar-refractivity contribution in [3.63, 3.8) is 0 Å². The highest BCUT2D eigenvalue weighted by molar-refractivity contribution is 5.82. The third-order valence-corrected chi connectivity index (χ3v) is 6.37. The molecular formula is C20H28N6O. The third kappa shape index (κ3) is 3.18. The molecule has 5 rings (SSSR count). The van der Waals surface area contributed by atoms with Gasteiger partial charge >= 0.3 is 0 Å². The van der Waals surface area contributed by atoms with Crippen molar-refractivity contribution in [2.24, 2.45) is 11.8 Å². The average molecular weight is 368 g/mol. The molecule has 2 aromatic heterocycles. The molecule has 1 saturated heterocycles.